The third kappa shape index (κ3) is 8.12. The maximum Gasteiger partial charge on any atom is 0.338 e. The molecule has 0 aliphatic heterocycles. The molecule has 0 aromatic heterocycles. The van der Waals surface area contributed by atoms with Crippen LogP contribution in [0.5, 0.6) is 0 Å². The van der Waals surface area contributed by atoms with Crippen LogP contribution in [-0.2, 0) is 18.9 Å². The molecule has 0 fully saturated rings. The monoisotopic (exact) mass is 518 g/mol. The zero-order valence-electron chi connectivity index (χ0n) is 20.8. The van der Waals surface area contributed by atoms with E-state index in [2.05, 4.69) is 0 Å². The number of ether oxygens (including phenoxy) is 4. The highest BCUT2D eigenvalue weighted by Crippen LogP contribution is 2.12. The quantitative estimate of drug-likeness (QED) is 0.208. The van der Waals surface area contributed by atoms with E-state index < -0.39 is 36.1 Å². The molecule has 0 aliphatic rings. The first kappa shape index (κ1) is 27.8. The molecular weight excluding hydrogens is 492 g/mol. The minimum atomic E-state index is -0.781. The first-order chi connectivity index (χ1) is 18.3. The van der Waals surface area contributed by atoms with Crippen molar-refractivity contribution in [1.82, 2.24) is 0 Å². The molecule has 0 aliphatic carbocycles. The van der Waals surface area contributed by atoms with Crippen LogP contribution in [0.4, 0.5) is 0 Å². The van der Waals surface area contributed by atoms with Crippen molar-refractivity contribution in [1.29, 1.82) is 0 Å². The van der Waals surface area contributed by atoms with Crippen LogP contribution in [0.25, 0.3) is 0 Å². The number of carbonyl (C=O) groups excluding carboxylic acids is 5. The zero-order valence-corrected chi connectivity index (χ0v) is 20.8. The molecule has 0 saturated heterocycles. The zero-order chi connectivity index (χ0) is 27.5. The molecule has 0 amide bonds. The Bertz CT molecular complexity index is 1300. The molecule has 0 saturated carbocycles. The average Bonchev–Trinajstić information content (AvgIpc) is 2.95. The molecule has 0 heterocycles. The fourth-order valence-corrected chi connectivity index (χ4v) is 3.21. The number of hydrogen-bond acceptors (Lipinski definition) is 9. The molecule has 3 aromatic carbocycles. The van der Waals surface area contributed by atoms with Crippen molar-refractivity contribution in [3.05, 3.63) is 107 Å². The molecule has 0 N–H and O–H groups in total. The Labute approximate surface area is 219 Å². The van der Waals surface area contributed by atoms with E-state index in [0.29, 0.717) is 17.4 Å². The largest absolute Gasteiger partial charge is 0.458 e. The lowest BCUT2D eigenvalue weighted by molar-refractivity contribution is 0.00389. The van der Waals surface area contributed by atoms with Gasteiger partial charge in [0, 0.05) is 5.56 Å². The Kier molecular flexibility index (Phi) is 9.87. The van der Waals surface area contributed by atoms with Gasteiger partial charge in [0.2, 0.25) is 0 Å². The van der Waals surface area contributed by atoms with Crippen molar-refractivity contribution in [3.8, 4) is 0 Å². The lowest BCUT2D eigenvalue weighted by Gasteiger charge is -2.15. The maximum atomic E-state index is 12.5. The summed E-state index contributed by atoms with van der Waals surface area (Å²) in [4.78, 5) is 60.2. The van der Waals surface area contributed by atoms with Gasteiger partial charge in [-0.2, -0.15) is 0 Å². The normalized spacial score (nSPS) is 11.9. The van der Waals surface area contributed by atoms with Gasteiger partial charge in [0.15, 0.2) is 0 Å². The second-order valence-electron chi connectivity index (χ2n) is 8.32. The van der Waals surface area contributed by atoms with Crippen molar-refractivity contribution in [2.24, 2.45) is 0 Å². The lowest BCUT2D eigenvalue weighted by atomic mass is 10.1. The van der Waals surface area contributed by atoms with Crippen LogP contribution >= 0.6 is 0 Å². The summed E-state index contributed by atoms with van der Waals surface area (Å²) in [6.07, 6.45) is -0.854. The van der Waals surface area contributed by atoms with Gasteiger partial charge in [-0.05, 0) is 56.3 Å². The molecule has 0 radical (unpaired) electrons. The second kappa shape index (κ2) is 13.5. The fraction of sp³-hybridized carbons (Fsp3) is 0.207. The Morgan fingerprint density at radius 3 is 1.61 bits per heavy atom. The molecule has 38 heavy (non-hydrogen) atoms. The van der Waals surface area contributed by atoms with Gasteiger partial charge in [0.1, 0.15) is 31.7 Å². The van der Waals surface area contributed by atoms with Gasteiger partial charge in [-0.15, -0.1) is 0 Å². The average molecular weight is 519 g/mol. The van der Waals surface area contributed by atoms with Crippen LogP contribution < -0.4 is 0 Å². The highest BCUT2D eigenvalue weighted by atomic mass is 16.6. The summed E-state index contributed by atoms with van der Waals surface area (Å²) in [5, 5.41) is 0. The molecule has 3 rings (SSSR count). The lowest BCUT2D eigenvalue weighted by Crippen LogP contribution is -2.23. The van der Waals surface area contributed by atoms with Crippen LogP contribution in [-0.4, -0.2) is 55.6 Å². The summed E-state index contributed by atoms with van der Waals surface area (Å²) in [6.45, 7) is 2.75. The molecule has 0 spiro atoms. The first-order valence-electron chi connectivity index (χ1n) is 11.7. The third-order valence-electron chi connectivity index (χ3n) is 5.12. The molecule has 3 aromatic rings. The highest BCUT2D eigenvalue weighted by molar-refractivity contribution is 5.95. The van der Waals surface area contributed by atoms with Gasteiger partial charge < -0.3 is 18.9 Å². The Balaban J connectivity index is 1.48. The van der Waals surface area contributed by atoms with Crippen LogP contribution in [0, 0.1) is 0 Å². The number of aldehydes is 1. The van der Waals surface area contributed by atoms with E-state index >= 15 is 0 Å². The van der Waals surface area contributed by atoms with E-state index in [1.54, 1.807) is 56.3 Å². The van der Waals surface area contributed by atoms with Crippen LogP contribution in [0.2, 0.25) is 0 Å². The summed E-state index contributed by atoms with van der Waals surface area (Å²) in [5.74, 6) is -2.63. The summed E-state index contributed by atoms with van der Waals surface area (Å²) in [5.41, 5.74) is 1.12. The predicted octanol–water partition coefficient (Wildman–Crippen LogP) is 4.30. The van der Waals surface area contributed by atoms with Gasteiger partial charge in [-0.25, -0.2) is 19.2 Å². The molecule has 196 valence electrons. The summed E-state index contributed by atoms with van der Waals surface area (Å²) >= 11 is 0. The topological polar surface area (TPSA) is 122 Å². The van der Waals surface area contributed by atoms with Crippen molar-refractivity contribution in [3.63, 3.8) is 0 Å². The van der Waals surface area contributed by atoms with Gasteiger partial charge in [0.05, 0.1) is 22.3 Å². The van der Waals surface area contributed by atoms with E-state index in [1.165, 1.54) is 36.4 Å². The number of esters is 4. The minimum absolute atomic E-state index is 0.0971. The van der Waals surface area contributed by atoms with Crippen LogP contribution in [0.15, 0.2) is 78.9 Å². The SMILES string of the molecule is CC(COC(=O)c1cccc(C(=O)OC(C)COC(=O)c2cccc(C=O)c2)c1)OC(=O)c1ccccc1. The standard InChI is InChI=1S/C29H26O9/c1-19(37-28(33)22-9-4-3-5-10-22)17-36-27(32)24-12-7-13-25(15-24)29(34)38-20(2)18-35-26(31)23-11-6-8-21(14-23)16-30/h3-16,19-20H,17-18H2,1-2H3. The van der Waals surface area contributed by atoms with Gasteiger partial charge in [-0.1, -0.05) is 36.4 Å². The van der Waals surface area contributed by atoms with E-state index in [1.807, 2.05) is 0 Å². The van der Waals surface area contributed by atoms with Crippen LogP contribution in [0.3, 0.4) is 0 Å². The molecule has 2 unspecified atom stereocenters. The number of rotatable bonds is 11. The summed E-state index contributed by atoms with van der Waals surface area (Å²) in [7, 11) is 0. The number of hydrogen-bond donors (Lipinski definition) is 0. The van der Waals surface area contributed by atoms with Crippen molar-refractivity contribution in [2.75, 3.05) is 13.2 Å². The predicted molar refractivity (Wildman–Crippen MR) is 135 cm³/mol. The van der Waals surface area contributed by atoms with E-state index in [4.69, 9.17) is 18.9 Å². The summed E-state index contributed by atoms with van der Waals surface area (Å²) in [6, 6.07) is 20.2. The smallest absolute Gasteiger partial charge is 0.338 e. The number of carbonyl (C=O) groups is 5. The van der Waals surface area contributed by atoms with Crippen molar-refractivity contribution in [2.45, 2.75) is 26.1 Å². The number of benzene rings is 3. The third-order valence-corrected chi connectivity index (χ3v) is 5.12. The molecule has 2 atom stereocenters. The van der Waals surface area contributed by atoms with Gasteiger partial charge in [0.25, 0.3) is 0 Å². The molecular formula is C29H26O9. The van der Waals surface area contributed by atoms with Gasteiger partial charge >= 0.3 is 23.9 Å². The first-order valence-corrected chi connectivity index (χ1v) is 11.7. The fourth-order valence-electron chi connectivity index (χ4n) is 3.21. The highest BCUT2D eigenvalue weighted by Gasteiger charge is 2.18. The van der Waals surface area contributed by atoms with Crippen molar-refractivity contribution >= 4 is 30.2 Å². The Morgan fingerprint density at radius 1 is 0.605 bits per heavy atom. The van der Waals surface area contributed by atoms with Crippen molar-refractivity contribution < 1.29 is 42.9 Å². The van der Waals surface area contributed by atoms with E-state index in [-0.39, 0.29) is 29.9 Å². The second-order valence-corrected chi connectivity index (χ2v) is 8.32. The summed E-state index contributed by atoms with van der Waals surface area (Å²) < 4.78 is 20.9. The Morgan fingerprint density at radius 2 is 1.05 bits per heavy atom. The Hall–Kier alpha value is -4.79. The van der Waals surface area contributed by atoms with Crippen LogP contribution in [0.1, 0.15) is 65.6 Å². The molecule has 9 heteroatoms. The molecule has 9 nitrogen and oxygen atoms in total. The van der Waals surface area contributed by atoms with Gasteiger partial charge in [-0.3, -0.25) is 4.79 Å². The van der Waals surface area contributed by atoms with E-state index in [9.17, 15) is 24.0 Å². The minimum Gasteiger partial charge on any atom is -0.458 e. The molecule has 0 bridgehead atoms. The maximum absolute atomic E-state index is 12.5. The van der Waals surface area contributed by atoms with E-state index in [0.717, 1.165) is 0 Å².